The van der Waals surface area contributed by atoms with Gasteiger partial charge in [0, 0.05) is 24.2 Å². The van der Waals surface area contributed by atoms with E-state index in [0.717, 1.165) is 18.8 Å². The van der Waals surface area contributed by atoms with E-state index in [9.17, 15) is 4.79 Å². The molecule has 1 heterocycles. The van der Waals surface area contributed by atoms with Crippen LogP contribution < -0.4 is 10.2 Å². The molecular weight excluding hydrogens is 236 g/mol. The molecule has 2 fully saturated rings. The van der Waals surface area contributed by atoms with Crippen LogP contribution in [0.4, 0.5) is 5.69 Å². The van der Waals surface area contributed by atoms with Crippen molar-refractivity contribution >= 4 is 11.6 Å². The maximum Gasteiger partial charge on any atom is 0.246 e. The number of aryl methyl sites for hydroxylation is 1. The molecule has 1 spiro atoms. The van der Waals surface area contributed by atoms with Gasteiger partial charge < -0.3 is 10.2 Å². The van der Waals surface area contributed by atoms with Crippen molar-refractivity contribution in [2.24, 2.45) is 5.41 Å². The van der Waals surface area contributed by atoms with E-state index in [0.29, 0.717) is 5.41 Å². The summed E-state index contributed by atoms with van der Waals surface area (Å²) in [5.74, 6) is 0.181. The zero-order chi connectivity index (χ0) is 13.7. The van der Waals surface area contributed by atoms with Crippen LogP contribution >= 0.6 is 0 Å². The fourth-order valence-electron chi connectivity index (χ4n) is 2.73. The van der Waals surface area contributed by atoms with Crippen LogP contribution in [0.25, 0.3) is 0 Å². The molecule has 19 heavy (non-hydrogen) atoms. The quantitative estimate of drug-likeness (QED) is 0.839. The van der Waals surface area contributed by atoms with Crippen LogP contribution in [0.15, 0.2) is 24.3 Å². The first kappa shape index (κ1) is 12.7. The molecule has 1 saturated heterocycles. The van der Waals surface area contributed by atoms with E-state index in [1.807, 2.05) is 18.7 Å². The van der Waals surface area contributed by atoms with Gasteiger partial charge in [0.25, 0.3) is 0 Å². The van der Waals surface area contributed by atoms with Crippen molar-refractivity contribution in [1.29, 1.82) is 0 Å². The first-order valence-electron chi connectivity index (χ1n) is 7.06. The predicted molar refractivity (Wildman–Crippen MR) is 77.3 cm³/mol. The second-order valence-corrected chi connectivity index (χ2v) is 6.71. The Hall–Kier alpha value is -1.35. The van der Waals surface area contributed by atoms with Crippen LogP contribution in [0.3, 0.4) is 0 Å². The number of anilines is 1. The molecule has 1 aliphatic carbocycles. The van der Waals surface area contributed by atoms with Crippen molar-refractivity contribution in [2.75, 3.05) is 18.0 Å². The zero-order valence-electron chi connectivity index (χ0n) is 12.0. The lowest BCUT2D eigenvalue weighted by Gasteiger charge is -2.29. The number of hydrogen-bond acceptors (Lipinski definition) is 2. The van der Waals surface area contributed by atoms with E-state index in [2.05, 4.69) is 36.5 Å². The van der Waals surface area contributed by atoms with E-state index < -0.39 is 5.54 Å². The maximum atomic E-state index is 12.7. The zero-order valence-corrected chi connectivity index (χ0v) is 12.0. The number of nitrogens with one attached hydrogen (secondary N) is 1. The van der Waals surface area contributed by atoms with Gasteiger partial charge in [-0.2, -0.15) is 0 Å². The van der Waals surface area contributed by atoms with E-state index in [1.165, 1.54) is 18.4 Å². The molecular formula is C16H22N2O. The molecule has 0 radical (unpaired) electrons. The van der Waals surface area contributed by atoms with Gasteiger partial charge in [-0.15, -0.1) is 0 Å². The first-order valence-corrected chi connectivity index (χ1v) is 7.06. The van der Waals surface area contributed by atoms with Gasteiger partial charge in [-0.25, -0.2) is 0 Å². The van der Waals surface area contributed by atoms with E-state index >= 15 is 0 Å². The second-order valence-electron chi connectivity index (χ2n) is 6.71. The predicted octanol–water partition coefficient (Wildman–Crippen LogP) is 2.49. The molecule has 1 aliphatic heterocycles. The monoisotopic (exact) mass is 258 g/mol. The average Bonchev–Trinajstić information content (AvgIpc) is 3.15. The largest absolute Gasteiger partial charge is 0.310 e. The highest BCUT2D eigenvalue weighted by molar-refractivity contribution is 6.00. The third-order valence-electron chi connectivity index (χ3n) is 4.48. The highest BCUT2D eigenvalue weighted by Crippen LogP contribution is 2.48. The van der Waals surface area contributed by atoms with Gasteiger partial charge in [-0.1, -0.05) is 17.7 Å². The minimum atomic E-state index is -0.475. The van der Waals surface area contributed by atoms with Crippen molar-refractivity contribution in [3.63, 3.8) is 0 Å². The van der Waals surface area contributed by atoms with Gasteiger partial charge in [0.15, 0.2) is 0 Å². The van der Waals surface area contributed by atoms with E-state index in [1.54, 1.807) is 0 Å². The van der Waals surface area contributed by atoms with E-state index in [-0.39, 0.29) is 5.91 Å². The summed E-state index contributed by atoms with van der Waals surface area (Å²) in [6.45, 7) is 7.84. The normalized spacial score (nSPS) is 24.4. The Morgan fingerprint density at radius 2 is 1.79 bits per heavy atom. The minimum absolute atomic E-state index is 0.181. The summed E-state index contributed by atoms with van der Waals surface area (Å²) < 4.78 is 0. The summed E-state index contributed by atoms with van der Waals surface area (Å²) in [5, 5.41) is 3.44. The summed E-state index contributed by atoms with van der Waals surface area (Å²) >= 11 is 0. The van der Waals surface area contributed by atoms with Crippen molar-refractivity contribution in [2.45, 2.75) is 39.2 Å². The molecule has 1 aromatic carbocycles. The number of carbonyl (C=O) groups excluding carboxylic acids is 1. The summed E-state index contributed by atoms with van der Waals surface area (Å²) in [4.78, 5) is 14.7. The Balaban J connectivity index is 1.96. The Bertz CT molecular complexity index is 500. The Morgan fingerprint density at radius 3 is 2.37 bits per heavy atom. The summed E-state index contributed by atoms with van der Waals surface area (Å²) in [5.41, 5.74) is 2.09. The molecule has 102 valence electrons. The lowest BCUT2D eigenvalue weighted by atomic mass is 10.0. The number of rotatable bonds is 1. The van der Waals surface area contributed by atoms with Crippen LogP contribution in [-0.4, -0.2) is 24.5 Å². The van der Waals surface area contributed by atoms with Crippen LogP contribution in [0.2, 0.25) is 0 Å². The average molecular weight is 258 g/mol. The Morgan fingerprint density at radius 1 is 1.16 bits per heavy atom. The molecule has 1 saturated carbocycles. The van der Waals surface area contributed by atoms with Crippen molar-refractivity contribution in [3.8, 4) is 0 Å². The minimum Gasteiger partial charge on any atom is -0.310 e. The third kappa shape index (κ3) is 2.27. The second kappa shape index (κ2) is 4.07. The van der Waals surface area contributed by atoms with Crippen molar-refractivity contribution < 1.29 is 4.79 Å². The van der Waals surface area contributed by atoms with E-state index in [4.69, 9.17) is 0 Å². The highest BCUT2D eigenvalue weighted by atomic mass is 16.2. The molecule has 2 aliphatic rings. The number of amides is 1. The fourth-order valence-corrected chi connectivity index (χ4v) is 2.73. The van der Waals surface area contributed by atoms with Gasteiger partial charge in [0.05, 0.1) is 5.54 Å². The molecule has 3 rings (SSSR count). The van der Waals surface area contributed by atoms with Gasteiger partial charge in [0.2, 0.25) is 5.91 Å². The fraction of sp³-hybridized carbons (Fsp3) is 0.562. The molecule has 3 nitrogen and oxygen atoms in total. The van der Waals surface area contributed by atoms with Gasteiger partial charge in [-0.05, 0) is 45.7 Å². The SMILES string of the molecule is Cc1ccc(N2CC3(CC3)CNC(C)(C)C2=O)cc1. The summed E-state index contributed by atoms with van der Waals surface area (Å²) in [7, 11) is 0. The third-order valence-corrected chi connectivity index (χ3v) is 4.48. The van der Waals surface area contributed by atoms with Crippen LogP contribution in [-0.2, 0) is 4.79 Å². The van der Waals surface area contributed by atoms with Gasteiger partial charge in [0.1, 0.15) is 0 Å². The lowest BCUT2D eigenvalue weighted by molar-refractivity contribution is -0.123. The van der Waals surface area contributed by atoms with Gasteiger partial charge in [-0.3, -0.25) is 4.79 Å². The standard InChI is InChI=1S/C16H22N2O/c1-12-4-6-13(7-5-12)18-11-16(8-9-16)10-17-15(2,3)14(18)19/h4-7,17H,8-11H2,1-3H3. The number of nitrogens with zero attached hydrogens (tertiary/aromatic N) is 1. The molecule has 1 aromatic rings. The van der Waals surface area contributed by atoms with Crippen molar-refractivity contribution in [1.82, 2.24) is 5.32 Å². The Labute approximate surface area is 115 Å². The molecule has 3 heteroatoms. The van der Waals surface area contributed by atoms with Gasteiger partial charge >= 0.3 is 0 Å². The number of hydrogen-bond donors (Lipinski definition) is 1. The topological polar surface area (TPSA) is 32.3 Å². The first-order chi connectivity index (χ1) is 8.92. The number of carbonyl (C=O) groups is 1. The molecule has 0 bridgehead atoms. The molecule has 1 amide bonds. The highest BCUT2D eigenvalue weighted by Gasteiger charge is 2.50. The smallest absolute Gasteiger partial charge is 0.246 e. The molecule has 1 N–H and O–H groups in total. The van der Waals surface area contributed by atoms with Crippen LogP contribution in [0.5, 0.6) is 0 Å². The number of benzene rings is 1. The van der Waals surface area contributed by atoms with Crippen molar-refractivity contribution in [3.05, 3.63) is 29.8 Å². The lowest BCUT2D eigenvalue weighted by Crippen LogP contribution is -2.51. The summed E-state index contributed by atoms with van der Waals surface area (Å²) in [6, 6.07) is 8.27. The Kier molecular flexibility index (Phi) is 2.72. The summed E-state index contributed by atoms with van der Waals surface area (Å²) in [6.07, 6.45) is 2.46. The van der Waals surface area contributed by atoms with Crippen LogP contribution in [0, 0.1) is 12.3 Å². The maximum absolute atomic E-state index is 12.7. The van der Waals surface area contributed by atoms with Crippen LogP contribution in [0.1, 0.15) is 32.3 Å². The molecule has 0 aromatic heterocycles. The molecule has 0 atom stereocenters. The molecule has 0 unspecified atom stereocenters.